The van der Waals surface area contributed by atoms with Crippen LogP contribution in [0.2, 0.25) is 5.02 Å². The first-order valence-electron chi connectivity index (χ1n) is 8.95. The third-order valence-corrected chi connectivity index (χ3v) is 5.36. The molecule has 136 valence electrons. The summed E-state index contributed by atoms with van der Waals surface area (Å²) in [5.41, 5.74) is -0.704. The van der Waals surface area contributed by atoms with Gasteiger partial charge in [-0.3, -0.25) is 9.59 Å². The lowest BCUT2D eigenvalue weighted by Gasteiger charge is -2.43. The molecule has 0 unspecified atom stereocenters. The van der Waals surface area contributed by atoms with Gasteiger partial charge in [0.25, 0.3) is 0 Å². The van der Waals surface area contributed by atoms with E-state index in [0.717, 1.165) is 51.0 Å². The van der Waals surface area contributed by atoms with Crippen LogP contribution in [0, 0.1) is 0 Å². The summed E-state index contributed by atoms with van der Waals surface area (Å²) in [7, 11) is 0. The summed E-state index contributed by atoms with van der Waals surface area (Å²) >= 11 is 5.89. The van der Waals surface area contributed by atoms with E-state index >= 15 is 0 Å². The number of amides is 2. The van der Waals surface area contributed by atoms with E-state index in [1.54, 1.807) is 6.20 Å². The topological polar surface area (TPSA) is 65.5 Å². The fourth-order valence-corrected chi connectivity index (χ4v) is 3.99. The second-order valence-corrected chi connectivity index (χ2v) is 7.37. The van der Waals surface area contributed by atoms with Crippen LogP contribution in [0.25, 0.3) is 0 Å². The summed E-state index contributed by atoms with van der Waals surface area (Å²) in [5, 5.41) is 3.59. The molecule has 7 heteroatoms. The van der Waals surface area contributed by atoms with Crippen molar-refractivity contribution in [3.05, 3.63) is 23.4 Å². The first kappa shape index (κ1) is 18.0. The van der Waals surface area contributed by atoms with Crippen molar-refractivity contribution >= 4 is 29.2 Å². The number of pyridine rings is 1. The zero-order chi connectivity index (χ0) is 17.9. The number of hydrogen-bond acceptors (Lipinski definition) is 4. The Morgan fingerprint density at radius 1 is 1.12 bits per heavy atom. The Hall–Kier alpha value is -1.82. The minimum atomic E-state index is -0.704. The van der Waals surface area contributed by atoms with Gasteiger partial charge in [0, 0.05) is 39.3 Å². The summed E-state index contributed by atoms with van der Waals surface area (Å²) in [4.78, 5) is 33.2. The highest BCUT2D eigenvalue weighted by atomic mass is 35.5. The number of rotatable bonds is 3. The molecule has 1 aliphatic carbocycles. The second kappa shape index (κ2) is 7.60. The quantitative estimate of drug-likeness (QED) is 0.893. The third-order valence-electron chi connectivity index (χ3n) is 5.13. The summed E-state index contributed by atoms with van der Waals surface area (Å²) in [6.07, 6.45) is 6.23. The van der Waals surface area contributed by atoms with E-state index in [4.69, 9.17) is 11.6 Å². The van der Waals surface area contributed by atoms with Crippen LogP contribution in [0.1, 0.15) is 39.0 Å². The summed E-state index contributed by atoms with van der Waals surface area (Å²) < 4.78 is 0. The van der Waals surface area contributed by atoms with Crippen LogP contribution in [0.3, 0.4) is 0 Å². The number of carbonyl (C=O) groups is 2. The first-order chi connectivity index (χ1) is 12.0. The normalized spacial score (nSPS) is 20.2. The molecule has 1 N–H and O–H groups in total. The second-order valence-electron chi connectivity index (χ2n) is 6.94. The Morgan fingerprint density at radius 3 is 2.36 bits per heavy atom. The number of nitrogens with one attached hydrogen (secondary N) is 1. The molecule has 2 heterocycles. The van der Waals surface area contributed by atoms with Crippen molar-refractivity contribution in [3.8, 4) is 0 Å². The molecular weight excluding hydrogens is 340 g/mol. The van der Waals surface area contributed by atoms with Crippen LogP contribution in [0.15, 0.2) is 18.3 Å². The van der Waals surface area contributed by atoms with Crippen LogP contribution in [0.4, 0.5) is 5.82 Å². The Labute approximate surface area is 153 Å². The van der Waals surface area contributed by atoms with E-state index in [1.165, 1.54) is 6.92 Å². The van der Waals surface area contributed by atoms with Gasteiger partial charge in [0.1, 0.15) is 11.4 Å². The highest BCUT2D eigenvalue weighted by Gasteiger charge is 2.43. The van der Waals surface area contributed by atoms with Crippen LogP contribution in [-0.4, -0.2) is 53.4 Å². The molecule has 3 rings (SSSR count). The van der Waals surface area contributed by atoms with E-state index in [0.29, 0.717) is 18.1 Å². The van der Waals surface area contributed by atoms with Crippen LogP contribution >= 0.6 is 11.6 Å². The molecule has 1 saturated heterocycles. The van der Waals surface area contributed by atoms with Gasteiger partial charge in [-0.1, -0.05) is 30.9 Å². The minimum absolute atomic E-state index is 0.0751. The molecule has 6 nitrogen and oxygen atoms in total. The van der Waals surface area contributed by atoms with Crippen molar-refractivity contribution in [1.29, 1.82) is 0 Å². The SMILES string of the molecule is CC(=O)NC1(C(=O)N2CCN(c3ccc(Cl)cn3)CC2)CCCCC1. The van der Waals surface area contributed by atoms with Crippen molar-refractivity contribution in [2.45, 2.75) is 44.6 Å². The predicted molar refractivity (Wildman–Crippen MR) is 97.7 cm³/mol. The fraction of sp³-hybridized carbons (Fsp3) is 0.611. The average Bonchev–Trinajstić information content (AvgIpc) is 2.62. The summed E-state index contributed by atoms with van der Waals surface area (Å²) in [5.74, 6) is 0.830. The molecule has 25 heavy (non-hydrogen) atoms. The molecule has 1 aromatic rings. The monoisotopic (exact) mass is 364 g/mol. The van der Waals surface area contributed by atoms with Gasteiger partial charge >= 0.3 is 0 Å². The number of aromatic nitrogens is 1. The van der Waals surface area contributed by atoms with Gasteiger partial charge in [0.05, 0.1) is 5.02 Å². The Kier molecular flexibility index (Phi) is 5.47. The highest BCUT2D eigenvalue weighted by molar-refractivity contribution is 6.30. The van der Waals surface area contributed by atoms with Gasteiger partial charge in [0.2, 0.25) is 11.8 Å². The maximum Gasteiger partial charge on any atom is 0.248 e. The van der Waals surface area contributed by atoms with Gasteiger partial charge in [0.15, 0.2) is 0 Å². The molecule has 0 atom stereocenters. The maximum absolute atomic E-state index is 13.2. The lowest BCUT2D eigenvalue weighted by Crippen LogP contribution is -2.63. The molecule has 1 aliphatic heterocycles. The molecule has 0 aromatic carbocycles. The van der Waals surface area contributed by atoms with E-state index < -0.39 is 5.54 Å². The van der Waals surface area contributed by atoms with Crippen molar-refractivity contribution in [2.75, 3.05) is 31.1 Å². The van der Waals surface area contributed by atoms with Gasteiger partial charge in [-0.05, 0) is 25.0 Å². The molecule has 0 radical (unpaired) electrons. The molecule has 1 saturated carbocycles. The number of halogens is 1. The van der Waals surface area contributed by atoms with Crippen molar-refractivity contribution in [2.24, 2.45) is 0 Å². The van der Waals surface area contributed by atoms with Gasteiger partial charge < -0.3 is 15.1 Å². The number of anilines is 1. The van der Waals surface area contributed by atoms with Crippen LogP contribution < -0.4 is 10.2 Å². The number of nitrogens with zero attached hydrogens (tertiary/aromatic N) is 3. The Bertz CT molecular complexity index is 620. The third kappa shape index (κ3) is 4.06. The molecule has 2 aliphatic rings. The highest BCUT2D eigenvalue weighted by Crippen LogP contribution is 2.30. The average molecular weight is 365 g/mol. The number of carbonyl (C=O) groups excluding carboxylic acids is 2. The molecular formula is C18H25ClN4O2. The smallest absolute Gasteiger partial charge is 0.248 e. The van der Waals surface area contributed by atoms with E-state index in [9.17, 15) is 9.59 Å². The molecule has 1 aromatic heterocycles. The molecule has 0 bridgehead atoms. The van der Waals surface area contributed by atoms with E-state index in [1.807, 2.05) is 17.0 Å². The van der Waals surface area contributed by atoms with Gasteiger partial charge in [-0.2, -0.15) is 0 Å². The zero-order valence-electron chi connectivity index (χ0n) is 14.6. The molecule has 0 spiro atoms. The van der Waals surface area contributed by atoms with E-state index in [-0.39, 0.29) is 11.8 Å². The standard InChI is InChI=1S/C18H25ClN4O2/c1-14(24)21-18(7-3-2-4-8-18)17(25)23-11-9-22(10-12-23)16-6-5-15(19)13-20-16/h5-6,13H,2-4,7-12H2,1H3,(H,21,24). The van der Waals surface area contributed by atoms with Crippen molar-refractivity contribution < 1.29 is 9.59 Å². The van der Waals surface area contributed by atoms with E-state index in [2.05, 4.69) is 15.2 Å². The predicted octanol–water partition coefficient (Wildman–Crippen LogP) is 2.22. The van der Waals surface area contributed by atoms with Crippen LogP contribution in [0.5, 0.6) is 0 Å². The lowest BCUT2D eigenvalue weighted by molar-refractivity contribution is -0.143. The van der Waals surface area contributed by atoms with Crippen LogP contribution in [-0.2, 0) is 9.59 Å². The maximum atomic E-state index is 13.2. The molecule has 2 fully saturated rings. The molecule has 2 amide bonds. The number of hydrogen-bond donors (Lipinski definition) is 1. The summed E-state index contributed by atoms with van der Waals surface area (Å²) in [6, 6.07) is 3.73. The first-order valence-corrected chi connectivity index (χ1v) is 9.33. The Balaban J connectivity index is 1.65. The largest absolute Gasteiger partial charge is 0.353 e. The Morgan fingerprint density at radius 2 is 1.80 bits per heavy atom. The number of piperazine rings is 1. The van der Waals surface area contributed by atoms with Gasteiger partial charge in [-0.15, -0.1) is 0 Å². The van der Waals surface area contributed by atoms with Crippen molar-refractivity contribution in [3.63, 3.8) is 0 Å². The fourth-order valence-electron chi connectivity index (χ4n) is 3.88. The van der Waals surface area contributed by atoms with Crippen molar-refractivity contribution in [1.82, 2.24) is 15.2 Å². The minimum Gasteiger partial charge on any atom is -0.353 e. The zero-order valence-corrected chi connectivity index (χ0v) is 15.4. The summed E-state index contributed by atoms with van der Waals surface area (Å²) in [6.45, 7) is 4.25. The van der Waals surface area contributed by atoms with Gasteiger partial charge in [-0.25, -0.2) is 4.98 Å². The lowest BCUT2D eigenvalue weighted by atomic mass is 9.80.